The van der Waals surface area contributed by atoms with Gasteiger partial charge in [-0.15, -0.1) is 0 Å². The third kappa shape index (κ3) is 2.48. The highest BCUT2D eigenvalue weighted by molar-refractivity contribution is 8.15. The van der Waals surface area contributed by atoms with Gasteiger partial charge in [-0.25, -0.2) is 0 Å². The molecular weight excluding hydrogens is 232 g/mol. The lowest BCUT2D eigenvalue weighted by atomic mass is 9.96. The van der Waals surface area contributed by atoms with Crippen molar-refractivity contribution in [2.24, 2.45) is 10.7 Å². The van der Waals surface area contributed by atoms with E-state index in [9.17, 15) is 0 Å². The van der Waals surface area contributed by atoms with Crippen molar-refractivity contribution in [1.29, 1.82) is 10.7 Å². The minimum atomic E-state index is -0.492. The monoisotopic (exact) mass is 244 g/mol. The molecule has 0 aliphatic carbocycles. The quantitative estimate of drug-likeness (QED) is 0.611. The first-order valence-electron chi connectivity index (χ1n) is 5.25. The van der Waals surface area contributed by atoms with Crippen LogP contribution in [-0.2, 0) is 6.42 Å². The highest BCUT2D eigenvalue weighted by Crippen LogP contribution is 2.23. The maximum Gasteiger partial charge on any atom is 0.152 e. The molecule has 86 valence electrons. The summed E-state index contributed by atoms with van der Waals surface area (Å²) in [4.78, 5) is 4.42. The molecule has 1 heterocycles. The lowest BCUT2D eigenvalue weighted by Gasteiger charge is -2.19. The number of hydrogen-bond acceptors (Lipinski definition) is 4. The molecular formula is C12H12N4S. The Kier molecular flexibility index (Phi) is 3.45. The Bertz CT molecular complexity index is 515. The Morgan fingerprint density at radius 3 is 3.00 bits per heavy atom. The van der Waals surface area contributed by atoms with Crippen LogP contribution in [-0.4, -0.2) is 22.7 Å². The van der Waals surface area contributed by atoms with Crippen molar-refractivity contribution in [3.05, 3.63) is 35.4 Å². The van der Waals surface area contributed by atoms with E-state index in [2.05, 4.69) is 17.1 Å². The number of nitrogens with one attached hydrogen (secondary N) is 1. The molecule has 17 heavy (non-hydrogen) atoms. The number of rotatable bonds is 2. The first kappa shape index (κ1) is 11.7. The van der Waals surface area contributed by atoms with Crippen molar-refractivity contribution < 1.29 is 0 Å². The number of nitrogens with zero attached hydrogens (tertiary/aromatic N) is 2. The Balaban J connectivity index is 2.36. The van der Waals surface area contributed by atoms with E-state index in [1.165, 1.54) is 5.56 Å². The average Bonchev–Trinajstić information content (AvgIpc) is 2.35. The Hall–Kier alpha value is -1.80. The summed E-state index contributed by atoms with van der Waals surface area (Å²) in [5.74, 6) is 0. The second-order valence-electron chi connectivity index (χ2n) is 3.67. The molecule has 1 aliphatic rings. The molecule has 1 aromatic rings. The number of thioether (sulfide) groups is 1. The summed E-state index contributed by atoms with van der Waals surface area (Å²) in [7, 11) is 0. The van der Waals surface area contributed by atoms with Gasteiger partial charge in [0.25, 0.3) is 0 Å². The molecule has 1 aromatic carbocycles. The second kappa shape index (κ2) is 5.02. The molecule has 0 amide bonds. The number of benzene rings is 1. The fourth-order valence-electron chi connectivity index (χ4n) is 1.86. The van der Waals surface area contributed by atoms with Crippen molar-refractivity contribution >= 4 is 22.6 Å². The van der Waals surface area contributed by atoms with Crippen LogP contribution in [0.1, 0.15) is 11.1 Å². The van der Waals surface area contributed by atoms with Crippen molar-refractivity contribution in [3.63, 3.8) is 0 Å². The SMILES string of the molecule is N#CC(SC(=N)N)C1=NCCc2ccccc21. The maximum absolute atomic E-state index is 9.15. The molecule has 0 saturated heterocycles. The van der Waals surface area contributed by atoms with Gasteiger partial charge in [0.2, 0.25) is 0 Å². The Morgan fingerprint density at radius 2 is 2.29 bits per heavy atom. The average molecular weight is 244 g/mol. The standard InChI is InChI=1S/C12H12N4S/c13-7-10(17-12(14)15)11-9-4-2-1-3-8(9)5-6-16-11/h1-4,10H,5-6H2,(H3,14,15). The molecule has 3 N–H and O–H groups in total. The zero-order valence-corrected chi connectivity index (χ0v) is 10.00. The van der Waals surface area contributed by atoms with E-state index in [4.69, 9.17) is 16.4 Å². The van der Waals surface area contributed by atoms with Crippen LogP contribution in [0.3, 0.4) is 0 Å². The smallest absolute Gasteiger partial charge is 0.152 e. The molecule has 1 unspecified atom stereocenters. The highest BCUT2D eigenvalue weighted by atomic mass is 32.2. The van der Waals surface area contributed by atoms with E-state index >= 15 is 0 Å². The minimum Gasteiger partial charge on any atom is -0.379 e. The zero-order chi connectivity index (χ0) is 12.3. The van der Waals surface area contributed by atoms with Crippen LogP contribution < -0.4 is 5.73 Å². The van der Waals surface area contributed by atoms with Gasteiger partial charge >= 0.3 is 0 Å². The van der Waals surface area contributed by atoms with Gasteiger partial charge in [-0.3, -0.25) is 10.4 Å². The summed E-state index contributed by atoms with van der Waals surface area (Å²) in [6, 6.07) is 10.1. The molecule has 0 fully saturated rings. The molecule has 0 aromatic heterocycles. The summed E-state index contributed by atoms with van der Waals surface area (Å²) in [5, 5.41) is 15.9. The first-order chi connectivity index (χ1) is 8.22. The van der Waals surface area contributed by atoms with Crippen LogP contribution in [0.25, 0.3) is 0 Å². The van der Waals surface area contributed by atoms with Gasteiger partial charge in [0.05, 0.1) is 11.8 Å². The molecule has 1 aliphatic heterocycles. The van der Waals surface area contributed by atoms with E-state index in [1.807, 2.05) is 18.2 Å². The van der Waals surface area contributed by atoms with Crippen LogP contribution in [0.15, 0.2) is 29.3 Å². The Morgan fingerprint density at radius 1 is 1.53 bits per heavy atom. The highest BCUT2D eigenvalue weighted by Gasteiger charge is 2.23. The van der Waals surface area contributed by atoms with Crippen LogP contribution in [0.5, 0.6) is 0 Å². The van der Waals surface area contributed by atoms with Gasteiger partial charge in [-0.1, -0.05) is 36.0 Å². The number of aliphatic imine (C=N–C) groups is 1. The van der Waals surface area contributed by atoms with Crippen LogP contribution >= 0.6 is 11.8 Å². The zero-order valence-electron chi connectivity index (χ0n) is 9.18. The molecule has 4 nitrogen and oxygen atoms in total. The molecule has 0 radical (unpaired) electrons. The van der Waals surface area contributed by atoms with Gasteiger partial charge in [0.15, 0.2) is 5.17 Å². The lowest BCUT2D eigenvalue weighted by molar-refractivity contribution is 0.938. The van der Waals surface area contributed by atoms with E-state index in [0.717, 1.165) is 29.5 Å². The van der Waals surface area contributed by atoms with Crippen LogP contribution in [0, 0.1) is 16.7 Å². The van der Waals surface area contributed by atoms with E-state index in [0.29, 0.717) is 6.54 Å². The van der Waals surface area contributed by atoms with E-state index < -0.39 is 5.25 Å². The summed E-state index contributed by atoms with van der Waals surface area (Å²) in [6.07, 6.45) is 0.905. The maximum atomic E-state index is 9.15. The number of amidine groups is 1. The van der Waals surface area contributed by atoms with Gasteiger partial charge in [0, 0.05) is 12.1 Å². The summed E-state index contributed by atoms with van der Waals surface area (Å²) in [5.41, 5.74) is 8.30. The molecule has 0 saturated carbocycles. The Labute approximate surface area is 104 Å². The van der Waals surface area contributed by atoms with Crippen molar-refractivity contribution in [1.82, 2.24) is 0 Å². The van der Waals surface area contributed by atoms with Crippen molar-refractivity contribution in [2.75, 3.05) is 6.54 Å². The molecule has 5 heteroatoms. The van der Waals surface area contributed by atoms with Crippen molar-refractivity contribution in [3.8, 4) is 6.07 Å². The summed E-state index contributed by atoms with van der Waals surface area (Å²) >= 11 is 1.04. The fourth-order valence-corrected chi connectivity index (χ4v) is 2.48. The number of nitriles is 1. The second-order valence-corrected chi connectivity index (χ2v) is 4.81. The van der Waals surface area contributed by atoms with Gasteiger partial charge in [0.1, 0.15) is 5.25 Å². The van der Waals surface area contributed by atoms with E-state index in [1.54, 1.807) is 0 Å². The van der Waals surface area contributed by atoms with Crippen molar-refractivity contribution in [2.45, 2.75) is 11.7 Å². The van der Waals surface area contributed by atoms with Gasteiger partial charge in [-0.2, -0.15) is 5.26 Å². The fraction of sp³-hybridized carbons (Fsp3) is 0.250. The van der Waals surface area contributed by atoms with Gasteiger partial charge in [-0.05, 0) is 12.0 Å². The predicted octanol–water partition coefficient (Wildman–Crippen LogP) is 1.55. The lowest BCUT2D eigenvalue weighted by Crippen LogP contribution is -2.25. The number of fused-ring (bicyclic) bond motifs is 1. The summed E-state index contributed by atoms with van der Waals surface area (Å²) in [6.45, 7) is 0.697. The first-order valence-corrected chi connectivity index (χ1v) is 6.13. The molecule has 0 bridgehead atoms. The minimum absolute atomic E-state index is 0.0534. The predicted molar refractivity (Wildman–Crippen MR) is 70.5 cm³/mol. The normalized spacial score (nSPS) is 15.4. The number of hydrogen-bond donors (Lipinski definition) is 2. The third-order valence-corrected chi connectivity index (χ3v) is 3.39. The number of nitrogens with two attached hydrogens (primary N) is 1. The van der Waals surface area contributed by atoms with Crippen LogP contribution in [0.4, 0.5) is 0 Å². The van der Waals surface area contributed by atoms with E-state index in [-0.39, 0.29) is 5.17 Å². The molecule has 1 atom stereocenters. The van der Waals surface area contributed by atoms with Crippen LogP contribution in [0.2, 0.25) is 0 Å². The molecule has 0 spiro atoms. The molecule has 2 rings (SSSR count). The summed E-state index contributed by atoms with van der Waals surface area (Å²) < 4.78 is 0. The largest absolute Gasteiger partial charge is 0.379 e. The van der Waals surface area contributed by atoms with Gasteiger partial charge < -0.3 is 5.73 Å². The third-order valence-electron chi connectivity index (χ3n) is 2.57. The topological polar surface area (TPSA) is 86.0 Å².